The van der Waals surface area contributed by atoms with E-state index in [9.17, 15) is 10.2 Å². The summed E-state index contributed by atoms with van der Waals surface area (Å²) in [6.07, 6.45) is -1.10. The molecule has 2 aliphatic heterocycles. The summed E-state index contributed by atoms with van der Waals surface area (Å²) in [6, 6.07) is 7.46. The number of ether oxygens (including phenoxy) is 3. The van der Waals surface area contributed by atoms with Crippen molar-refractivity contribution in [1.82, 2.24) is 16.0 Å². The van der Waals surface area contributed by atoms with E-state index in [1.54, 1.807) is 7.05 Å². The molecule has 0 amide bonds. The number of hydrogen-bond acceptors (Lipinski definition) is 8. The van der Waals surface area contributed by atoms with E-state index in [2.05, 4.69) is 47.1 Å². The van der Waals surface area contributed by atoms with Crippen LogP contribution in [0.25, 0.3) is 0 Å². The predicted octanol–water partition coefficient (Wildman–Crippen LogP) is -0.387. The first kappa shape index (κ1) is 21.1. The Kier molecular flexibility index (Phi) is 6.24. The zero-order chi connectivity index (χ0) is 20.6. The summed E-state index contributed by atoms with van der Waals surface area (Å²) in [4.78, 5) is 0. The highest BCUT2D eigenvalue weighted by Gasteiger charge is 2.60. The number of fused-ring (bicyclic) bond motifs is 2. The average Bonchev–Trinajstić information content (AvgIpc) is 2.72. The molecule has 29 heavy (non-hydrogen) atoms. The lowest BCUT2D eigenvalue weighted by molar-refractivity contribution is -0.435. The molecule has 2 heterocycles. The zero-order valence-corrected chi connectivity index (χ0v) is 17.3. The lowest BCUT2D eigenvalue weighted by Gasteiger charge is -2.56. The third kappa shape index (κ3) is 3.96. The van der Waals surface area contributed by atoms with Gasteiger partial charge in [-0.25, -0.2) is 0 Å². The van der Waals surface area contributed by atoms with Gasteiger partial charge < -0.3 is 40.4 Å². The standard InChI is InChI=1S/C21H33N3O5/c1-12-4-6-13(7-5-12)11-24-16-8-9-27-20-21(16,26)29-19-15(28-20)10-14(22-2)18(25)17(19)23-3/h4-7,14-20,22-26H,8-11H2,1-3H3/t14-,15?,16+,17-,18-,19?,20?,21-/m0/s1. The molecule has 8 heteroatoms. The third-order valence-corrected chi connectivity index (χ3v) is 6.50. The van der Waals surface area contributed by atoms with Gasteiger partial charge in [0.1, 0.15) is 6.10 Å². The van der Waals surface area contributed by atoms with E-state index in [1.807, 2.05) is 7.05 Å². The number of nitrogens with one attached hydrogen (secondary N) is 3. The van der Waals surface area contributed by atoms with E-state index in [-0.39, 0.29) is 24.2 Å². The minimum atomic E-state index is -1.62. The number of aryl methyl sites for hydroxylation is 1. The average molecular weight is 408 g/mol. The quantitative estimate of drug-likeness (QED) is 0.450. The van der Waals surface area contributed by atoms with Crippen LogP contribution in [0, 0.1) is 6.92 Å². The summed E-state index contributed by atoms with van der Waals surface area (Å²) in [7, 11) is 3.61. The molecule has 1 aromatic carbocycles. The Bertz CT molecular complexity index is 689. The van der Waals surface area contributed by atoms with E-state index >= 15 is 0 Å². The molecule has 0 bridgehead atoms. The molecule has 1 saturated carbocycles. The second-order valence-corrected chi connectivity index (χ2v) is 8.36. The first-order chi connectivity index (χ1) is 14.0. The Balaban J connectivity index is 1.50. The molecule has 4 rings (SSSR count). The van der Waals surface area contributed by atoms with Crippen LogP contribution in [0.2, 0.25) is 0 Å². The van der Waals surface area contributed by atoms with Gasteiger partial charge in [-0.15, -0.1) is 0 Å². The van der Waals surface area contributed by atoms with Crippen LogP contribution in [0.4, 0.5) is 0 Å². The fraction of sp³-hybridized carbons (Fsp3) is 0.714. The van der Waals surface area contributed by atoms with E-state index in [4.69, 9.17) is 14.2 Å². The molecule has 5 N–H and O–H groups in total. The summed E-state index contributed by atoms with van der Waals surface area (Å²) in [6.45, 7) is 3.15. The van der Waals surface area contributed by atoms with Gasteiger partial charge in [0.2, 0.25) is 12.1 Å². The predicted molar refractivity (Wildman–Crippen MR) is 107 cm³/mol. The second kappa shape index (κ2) is 8.56. The largest absolute Gasteiger partial charge is 0.390 e. The summed E-state index contributed by atoms with van der Waals surface area (Å²) in [5, 5.41) is 31.9. The lowest BCUT2D eigenvalue weighted by Crippen LogP contribution is -2.75. The van der Waals surface area contributed by atoms with Gasteiger partial charge in [0.05, 0.1) is 30.9 Å². The highest BCUT2D eigenvalue weighted by atomic mass is 16.8. The molecule has 0 radical (unpaired) electrons. The first-order valence-electron chi connectivity index (χ1n) is 10.4. The molecule has 3 unspecified atom stereocenters. The van der Waals surface area contributed by atoms with Crippen molar-refractivity contribution < 1.29 is 24.4 Å². The van der Waals surface area contributed by atoms with Gasteiger partial charge in [-0.3, -0.25) is 0 Å². The van der Waals surface area contributed by atoms with Crippen molar-refractivity contribution in [2.24, 2.45) is 0 Å². The van der Waals surface area contributed by atoms with Crippen LogP contribution >= 0.6 is 0 Å². The number of hydrogen-bond donors (Lipinski definition) is 5. The molecule has 0 spiro atoms. The smallest absolute Gasteiger partial charge is 0.234 e. The molecular weight excluding hydrogens is 374 g/mol. The maximum absolute atomic E-state index is 11.5. The van der Waals surface area contributed by atoms with E-state index in [1.165, 1.54) is 5.56 Å². The maximum Gasteiger partial charge on any atom is 0.234 e. The molecule has 162 valence electrons. The summed E-state index contributed by atoms with van der Waals surface area (Å²) in [5.74, 6) is -1.62. The number of likely N-dealkylation sites (N-methyl/N-ethyl adjacent to an activating group) is 2. The van der Waals surface area contributed by atoms with Crippen LogP contribution in [-0.2, 0) is 20.8 Å². The van der Waals surface area contributed by atoms with Crippen LogP contribution in [0.15, 0.2) is 24.3 Å². The Labute approximate surface area is 171 Å². The number of benzene rings is 1. The van der Waals surface area contributed by atoms with Crippen LogP contribution in [0.1, 0.15) is 24.0 Å². The van der Waals surface area contributed by atoms with Crippen molar-refractivity contribution in [2.75, 3.05) is 20.7 Å². The minimum Gasteiger partial charge on any atom is -0.390 e. The fourth-order valence-electron chi connectivity index (χ4n) is 4.74. The maximum atomic E-state index is 11.5. The first-order valence-corrected chi connectivity index (χ1v) is 10.4. The Morgan fingerprint density at radius 3 is 2.62 bits per heavy atom. The van der Waals surface area contributed by atoms with E-state index in [0.717, 1.165) is 5.56 Å². The van der Waals surface area contributed by atoms with Crippen LogP contribution in [0.3, 0.4) is 0 Å². The van der Waals surface area contributed by atoms with Gasteiger partial charge in [0, 0.05) is 12.6 Å². The zero-order valence-electron chi connectivity index (χ0n) is 17.3. The normalized spacial score (nSPS) is 42.2. The van der Waals surface area contributed by atoms with Gasteiger partial charge in [-0.1, -0.05) is 29.8 Å². The van der Waals surface area contributed by atoms with Gasteiger partial charge in [-0.2, -0.15) is 0 Å². The van der Waals surface area contributed by atoms with Crippen molar-refractivity contribution in [2.45, 2.75) is 74.8 Å². The highest BCUT2D eigenvalue weighted by Crippen LogP contribution is 2.40. The molecule has 1 aliphatic carbocycles. The van der Waals surface area contributed by atoms with Crippen molar-refractivity contribution in [3.63, 3.8) is 0 Å². The molecule has 3 aliphatic rings. The third-order valence-electron chi connectivity index (χ3n) is 6.50. The molecule has 8 atom stereocenters. The molecular formula is C21H33N3O5. The van der Waals surface area contributed by atoms with Crippen LogP contribution in [0.5, 0.6) is 0 Å². The van der Waals surface area contributed by atoms with Gasteiger partial charge >= 0.3 is 0 Å². The summed E-state index contributed by atoms with van der Waals surface area (Å²) >= 11 is 0. The molecule has 1 aromatic rings. The van der Waals surface area contributed by atoms with E-state index < -0.39 is 24.3 Å². The molecule has 0 aromatic heterocycles. The molecule has 8 nitrogen and oxygen atoms in total. The van der Waals surface area contributed by atoms with Crippen LogP contribution < -0.4 is 16.0 Å². The lowest BCUT2D eigenvalue weighted by atomic mass is 9.82. The van der Waals surface area contributed by atoms with Gasteiger partial charge in [-0.05, 0) is 39.4 Å². The Morgan fingerprint density at radius 2 is 1.93 bits per heavy atom. The summed E-state index contributed by atoms with van der Waals surface area (Å²) in [5.41, 5.74) is 2.34. The van der Waals surface area contributed by atoms with Crippen molar-refractivity contribution >= 4 is 0 Å². The number of aliphatic hydroxyl groups is 2. The van der Waals surface area contributed by atoms with Gasteiger partial charge in [0.25, 0.3) is 0 Å². The minimum absolute atomic E-state index is 0.123. The van der Waals surface area contributed by atoms with Crippen molar-refractivity contribution in [1.29, 1.82) is 0 Å². The SMILES string of the molecule is CN[C@H]1CC2OC3OCC[C@@H](NCc4ccc(C)cc4)[C@]3(O)OC2[C@@H](NC)[C@H]1O. The topological polar surface area (TPSA) is 104 Å². The van der Waals surface area contributed by atoms with Gasteiger partial charge in [0.15, 0.2) is 0 Å². The number of rotatable bonds is 5. The van der Waals surface area contributed by atoms with E-state index in [0.29, 0.717) is 26.0 Å². The van der Waals surface area contributed by atoms with Crippen molar-refractivity contribution in [3.8, 4) is 0 Å². The monoisotopic (exact) mass is 407 g/mol. The fourth-order valence-corrected chi connectivity index (χ4v) is 4.74. The second-order valence-electron chi connectivity index (χ2n) is 8.36. The Morgan fingerprint density at radius 1 is 1.17 bits per heavy atom. The Hall–Kier alpha value is -1.10. The van der Waals surface area contributed by atoms with Crippen molar-refractivity contribution in [3.05, 3.63) is 35.4 Å². The summed E-state index contributed by atoms with van der Waals surface area (Å²) < 4.78 is 18.2. The number of aliphatic hydroxyl groups excluding tert-OH is 1. The highest BCUT2D eigenvalue weighted by molar-refractivity contribution is 5.21. The molecule has 2 saturated heterocycles. The van der Waals surface area contributed by atoms with Crippen LogP contribution in [-0.4, -0.2) is 79.4 Å². The molecule has 3 fully saturated rings.